The molecule has 0 spiro atoms. The van der Waals surface area contributed by atoms with Gasteiger partial charge in [-0.15, -0.1) is 0 Å². The molecule has 2 heterocycles. The number of nitrogens with one attached hydrogen (secondary N) is 1. The number of likely N-dealkylation sites (N-methyl/N-ethyl adjacent to an activating group) is 1. The fraction of sp³-hybridized carbons (Fsp3) is 0.786. The quantitative estimate of drug-likeness (QED) is 0.861. The van der Waals surface area contributed by atoms with Crippen LogP contribution in [0.15, 0.2) is 11.2 Å². The van der Waals surface area contributed by atoms with E-state index in [1.165, 1.54) is 0 Å². The molecule has 1 unspecified atom stereocenters. The van der Waals surface area contributed by atoms with E-state index in [0.717, 1.165) is 38.2 Å². The van der Waals surface area contributed by atoms with Crippen LogP contribution in [-0.4, -0.2) is 48.0 Å². The summed E-state index contributed by atoms with van der Waals surface area (Å²) in [5.74, 6) is 0.747. The minimum absolute atomic E-state index is 0.0378. The molecule has 0 amide bonds. The Hall–Kier alpha value is -0.920. The number of hydrogen-bond donors (Lipinski definition) is 1. The van der Waals surface area contributed by atoms with E-state index in [2.05, 4.69) is 10.3 Å². The molecule has 0 aromatic carbocycles. The van der Waals surface area contributed by atoms with E-state index < -0.39 is 10.0 Å². The number of imidazole rings is 1. The molecule has 1 aliphatic heterocycles. The van der Waals surface area contributed by atoms with Crippen LogP contribution in [0, 0.1) is 6.92 Å². The Balaban J connectivity index is 2.26. The number of aromatic nitrogens is 2. The molecular weight excluding hydrogens is 288 g/mol. The van der Waals surface area contributed by atoms with Gasteiger partial charge in [-0.25, -0.2) is 13.4 Å². The molecule has 21 heavy (non-hydrogen) atoms. The second-order valence-corrected chi connectivity index (χ2v) is 7.32. The number of piperidine rings is 1. The topological polar surface area (TPSA) is 67.2 Å². The summed E-state index contributed by atoms with van der Waals surface area (Å²) in [6, 6.07) is 0.0378. The van der Waals surface area contributed by atoms with Gasteiger partial charge < -0.3 is 9.88 Å². The van der Waals surface area contributed by atoms with E-state index in [1.807, 2.05) is 25.3 Å². The molecule has 0 aliphatic carbocycles. The summed E-state index contributed by atoms with van der Waals surface area (Å²) in [7, 11) is -3.49. The summed E-state index contributed by atoms with van der Waals surface area (Å²) in [6.07, 6.45) is 4.59. The zero-order chi connectivity index (χ0) is 15.5. The van der Waals surface area contributed by atoms with Crippen molar-refractivity contribution in [1.82, 2.24) is 19.2 Å². The van der Waals surface area contributed by atoms with Gasteiger partial charge in [-0.2, -0.15) is 4.31 Å². The summed E-state index contributed by atoms with van der Waals surface area (Å²) in [5.41, 5.74) is 0. The van der Waals surface area contributed by atoms with Gasteiger partial charge in [0.2, 0.25) is 0 Å². The van der Waals surface area contributed by atoms with Crippen molar-refractivity contribution in [3.8, 4) is 0 Å². The second-order valence-electron chi connectivity index (χ2n) is 5.49. The van der Waals surface area contributed by atoms with E-state index in [4.69, 9.17) is 0 Å². The van der Waals surface area contributed by atoms with Crippen LogP contribution in [0.5, 0.6) is 0 Å². The highest BCUT2D eigenvalue weighted by molar-refractivity contribution is 7.89. The first kappa shape index (κ1) is 16.5. The lowest BCUT2D eigenvalue weighted by Gasteiger charge is -2.34. The average Bonchev–Trinajstić information content (AvgIpc) is 2.87. The molecule has 1 saturated heterocycles. The minimum Gasteiger partial charge on any atom is -0.334 e. The zero-order valence-electron chi connectivity index (χ0n) is 13.2. The standard InChI is InChI=1S/C14H26N4O2S/c1-4-15-10-13-8-6-7-9-18(13)21(19,20)14-11-17(5-2)12(3)16-14/h11,13,15H,4-10H2,1-3H3. The zero-order valence-corrected chi connectivity index (χ0v) is 14.0. The fourth-order valence-corrected chi connectivity index (χ4v) is 4.54. The maximum Gasteiger partial charge on any atom is 0.262 e. The third kappa shape index (κ3) is 3.46. The first-order chi connectivity index (χ1) is 10.0. The molecule has 0 saturated carbocycles. The van der Waals surface area contributed by atoms with Gasteiger partial charge in [0.15, 0.2) is 5.03 Å². The second kappa shape index (κ2) is 6.89. The van der Waals surface area contributed by atoms with Crippen molar-refractivity contribution in [2.45, 2.75) is 57.6 Å². The number of nitrogens with zero attached hydrogens (tertiary/aromatic N) is 3. The summed E-state index contributed by atoms with van der Waals surface area (Å²) >= 11 is 0. The van der Waals surface area contributed by atoms with Crippen molar-refractivity contribution in [1.29, 1.82) is 0 Å². The van der Waals surface area contributed by atoms with Gasteiger partial charge >= 0.3 is 0 Å². The van der Waals surface area contributed by atoms with Crippen LogP contribution in [0.25, 0.3) is 0 Å². The largest absolute Gasteiger partial charge is 0.334 e. The lowest BCUT2D eigenvalue weighted by atomic mass is 10.1. The third-order valence-corrected chi connectivity index (χ3v) is 5.89. The van der Waals surface area contributed by atoms with E-state index in [-0.39, 0.29) is 11.1 Å². The van der Waals surface area contributed by atoms with Crippen LogP contribution < -0.4 is 5.32 Å². The van der Waals surface area contributed by atoms with Crippen molar-refractivity contribution in [3.05, 3.63) is 12.0 Å². The summed E-state index contributed by atoms with van der Waals surface area (Å²) in [6.45, 7) is 8.76. The van der Waals surface area contributed by atoms with Crippen molar-refractivity contribution in [3.63, 3.8) is 0 Å². The van der Waals surface area contributed by atoms with Gasteiger partial charge in [-0.05, 0) is 33.2 Å². The predicted octanol–water partition coefficient (Wildman–Crippen LogP) is 1.36. The predicted molar refractivity (Wildman–Crippen MR) is 82.7 cm³/mol. The molecular formula is C14H26N4O2S. The van der Waals surface area contributed by atoms with Crippen LogP contribution in [0.4, 0.5) is 0 Å². The molecule has 2 rings (SSSR count). The highest BCUT2D eigenvalue weighted by Gasteiger charge is 2.34. The molecule has 1 fully saturated rings. The Morgan fingerprint density at radius 1 is 1.38 bits per heavy atom. The van der Waals surface area contributed by atoms with E-state index in [1.54, 1.807) is 10.5 Å². The average molecular weight is 314 g/mol. The maximum absolute atomic E-state index is 12.9. The Bertz CT molecular complexity index is 568. The molecule has 6 nitrogen and oxygen atoms in total. The lowest BCUT2D eigenvalue weighted by molar-refractivity contribution is 0.246. The number of rotatable bonds is 6. The maximum atomic E-state index is 12.9. The Labute approximate surface area is 127 Å². The summed E-state index contributed by atoms with van der Waals surface area (Å²) < 4.78 is 29.2. The molecule has 1 aliphatic rings. The van der Waals surface area contributed by atoms with Crippen molar-refractivity contribution < 1.29 is 8.42 Å². The monoisotopic (exact) mass is 314 g/mol. The van der Waals surface area contributed by atoms with Crippen LogP contribution in [0.1, 0.15) is 38.9 Å². The molecule has 0 bridgehead atoms. The lowest BCUT2D eigenvalue weighted by Crippen LogP contribution is -2.48. The third-order valence-electron chi connectivity index (χ3n) is 4.07. The molecule has 120 valence electrons. The van der Waals surface area contributed by atoms with E-state index >= 15 is 0 Å². The Morgan fingerprint density at radius 3 is 2.76 bits per heavy atom. The van der Waals surface area contributed by atoms with Gasteiger partial charge in [0.05, 0.1) is 0 Å². The highest BCUT2D eigenvalue weighted by atomic mass is 32.2. The van der Waals surface area contributed by atoms with Crippen LogP contribution in [0.2, 0.25) is 0 Å². The molecule has 1 aromatic rings. The molecule has 1 atom stereocenters. The molecule has 1 N–H and O–H groups in total. The fourth-order valence-electron chi connectivity index (χ4n) is 2.85. The van der Waals surface area contributed by atoms with Crippen LogP contribution in [-0.2, 0) is 16.6 Å². The normalized spacial score (nSPS) is 20.8. The Kier molecular flexibility index (Phi) is 5.40. The van der Waals surface area contributed by atoms with Crippen molar-refractivity contribution >= 4 is 10.0 Å². The van der Waals surface area contributed by atoms with Gasteiger partial charge in [0.1, 0.15) is 5.82 Å². The molecule has 0 radical (unpaired) electrons. The Morgan fingerprint density at radius 2 is 2.14 bits per heavy atom. The molecule has 7 heteroatoms. The molecule has 1 aromatic heterocycles. The van der Waals surface area contributed by atoms with E-state index in [9.17, 15) is 8.42 Å². The van der Waals surface area contributed by atoms with Gasteiger partial charge in [-0.3, -0.25) is 0 Å². The first-order valence-corrected chi connectivity index (χ1v) is 9.21. The first-order valence-electron chi connectivity index (χ1n) is 7.77. The van der Waals surface area contributed by atoms with Gasteiger partial charge in [0, 0.05) is 31.9 Å². The number of sulfonamides is 1. The van der Waals surface area contributed by atoms with Gasteiger partial charge in [0.25, 0.3) is 10.0 Å². The number of aryl methyl sites for hydroxylation is 2. The summed E-state index contributed by atoms with van der Waals surface area (Å²) in [5, 5.41) is 3.45. The minimum atomic E-state index is -3.49. The summed E-state index contributed by atoms with van der Waals surface area (Å²) in [4.78, 5) is 4.26. The van der Waals surface area contributed by atoms with E-state index in [0.29, 0.717) is 13.1 Å². The highest BCUT2D eigenvalue weighted by Crippen LogP contribution is 2.24. The van der Waals surface area contributed by atoms with Crippen molar-refractivity contribution in [2.75, 3.05) is 19.6 Å². The van der Waals surface area contributed by atoms with Gasteiger partial charge in [-0.1, -0.05) is 13.3 Å². The smallest absolute Gasteiger partial charge is 0.262 e. The van der Waals surface area contributed by atoms with Crippen LogP contribution >= 0.6 is 0 Å². The van der Waals surface area contributed by atoms with Crippen molar-refractivity contribution in [2.24, 2.45) is 0 Å². The number of hydrogen-bond acceptors (Lipinski definition) is 4. The van der Waals surface area contributed by atoms with Crippen LogP contribution in [0.3, 0.4) is 0 Å². The SMILES string of the molecule is CCNCC1CCCCN1S(=O)(=O)c1cn(CC)c(C)n1.